The predicted octanol–water partition coefficient (Wildman–Crippen LogP) is 3.31. The fourth-order valence-corrected chi connectivity index (χ4v) is 2.19. The lowest BCUT2D eigenvalue weighted by Crippen LogP contribution is -2.44. The third kappa shape index (κ3) is 6.35. The molecule has 4 nitrogen and oxygen atoms in total. The van der Waals surface area contributed by atoms with Gasteiger partial charge in [0.2, 0.25) is 5.91 Å². The summed E-state index contributed by atoms with van der Waals surface area (Å²) in [5, 5.41) is 9.28. The molecule has 0 aromatic carbocycles. The van der Waals surface area contributed by atoms with Crippen LogP contribution in [-0.4, -0.2) is 41.1 Å². The number of carboxylic acid groups (broad SMARTS) is 1. The van der Waals surface area contributed by atoms with Gasteiger partial charge in [0.1, 0.15) is 6.54 Å². The monoisotopic (exact) mass is 311 g/mol. The lowest BCUT2D eigenvalue weighted by atomic mass is 9.79. The van der Waals surface area contributed by atoms with Crippen molar-refractivity contribution in [2.75, 3.05) is 13.1 Å². The summed E-state index contributed by atoms with van der Waals surface area (Å²) in [6, 6.07) is 0. The van der Waals surface area contributed by atoms with E-state index in [9.17, 15) is 27.9 Å². The summed E-state index contributed by atoms with van der Waals surface area (Å²) >= 11 is 0. The molecule has 0 radical (unpaired) electrons. The molecule has 1 amide bonds. The average Bonchev–Trinajstić information content (AvgIpc) is 2.32. The van der Waals surface area contributed by atoms with Crippen LogP contribution in [0.15, 0.2) is 0 Å². The van der Waals surface area contributed by atoms with Crippen LogP contribution in [0.3, 0.4) is 0 Å². The number of alkyl halides is 3. The van der Waals surface area contributed by atoms with E-state index in [2.05, 4.69) is 0 Å². The number of rotatable bonds is 8. The SMILES string of the molecule is CCC(CC)(CC(=O)N(CC(C)C)CC(F)(F)F)C(=O)O. The molecule has 1 N–H and O–H groups in total. The second kappa shape index (κ2) is 7.66. The molecule has 0 bridgehead atoms. The van der Waals surface area contributed by atoms with E-state index < -0.39 is 36.4 Å². The molecule has 0 aromatic heterocycles. The van der Waals surface area contributed by atoms with E-state index in [0.29, 0.717) is 4.90 Å². The first-order valence-corrected chi connectivity index (χ1v) is 7.05. The maximum Gasteiger partial charge on any atom is 0.406 e. The van der Waals surface area contributed by atoms with Crippen molar-refractivity contribution >= 4 is 11.9 Å². The average molecular weight is 311 g/mol. The van der Waals surface area contributed by atoms with Gasteiger partial charge >= 0.3 is 12.1 Å². The van der Waals surface area contributed by atoms with Crippen LogP contribution in [-0.2, 0) is 9.59 Å². The second-order valence-corrected chi connectivity index (χ2v) is 5.75. The van der Waals surface area contributed by atoms with Crippen molar-refractivity contribution in [3.8, 4) is 0 Å². The smallest absolute Gasteiger partial charge is 0.406 e. The van der Waals surface area contributed by atoms with E-state index in [0.717, 1.165) is 0 Å². The number of aliphatic carboxylic acids is 1. The zero-order chi connectivity index (χ0) is 16.8. The van der Waals surface area contributed by atoms with Gasteiger partial charge in [-0.1, -0.05) is 27.7 Å². The molecule has 0 aromatic rings. The van der Waals surface area contributed by atoms with E-state index in [-0.39, 0.29) is 25.3 Å². The molecule has 0 aliphatic carbocycles. The number of amides is 1. The molecule has 7 heteroatoms. The number of carbonyl (C=O) groups is 2. The third-order valence-corrected chi connectivity index (χ3v) is 3.61. The Labute approximate surface area is 123 Å². The van der Waals surface area contributed by atoms with Gasteiger partial charge in [-0.3, -0.25) is 9.59 Å². The number of hydrogen-bond acceptors (Lipinski definition) is 2. The van der Waals surface area contributed by atoms with Crippen LogP contribution in [0.2, 0.25) is 0 Å². The molecule has 0 rings (SSSR count). The van der Waals surface area contributed by atoms with Gasteiger partial charge in [0.05, 0.1) is 5.41 Å². The van der Waals surface area contributed by atoms with Gasteiger partial charge in [-0.25, -0.2) is 0 Å². The molecule has 0 unspecified atom stereocenters. The van der Waals surface area contributed by atoms with Crippen LogP contribution in [0, 0.1) is 11.3 Å². The zero-order valence-corrected chi connectivity index (χ0v) is 13.0. The van der Waals surface area contributed by atoms with Crippen LogP contribution in [0.4, 0.5) is 13.2 Å². The lowest BCUT2D eigenvalue weighted by molar-refractivity contribution is -0.166. The Morgan fingerprint density at radius 3 is 1.90 bits per heavy atom. The van der Waals surface area contributed by atoms with Gasteiger partial charge in [0.25, 0.3) is 0 Å². The summed E-state index contributed by atoms with van der Waals surface area (Å²) in [5.41, 5.74) is -1.29. The summed E-state index contributed by atoms with van der Waals surface area (Å²) in [5.74, 6) is -2.02. The Balaban J connectivity index is 5.15. The van der Waals surface area contributed by atoms with Crippen molar-refractivity contribution in [3.05, 3.63) is 0 Å². The molecule has 0 aliphatic heterocycles. The Bertz CT molecular complexity index is 363. The standard InChI is InChI=1S/C14H24F3NO3/c1-5-13(6-2,12(20)21)7-11(19)18(8-10(3)4)9-14(15,16)17/h10H,5-9H2,1-4H3,(H,20,21). The normalized spacial score (nSPS) is 12.6. The van der Waals surface area contributed by atoms with E-state index in [1.807, 2.05) is 0 Å². The molecule has 0 spiro atoms. The summed E-state index contributed by atoms with van der Waals surface area (Å²) in [4.78, 5) is 24.2. The van der Waals surface area contributed by atoms with E-state index in [1.54, 1.807) is 27.7 Å². The lowest BCUT2D eigenvalue weighted by Gasteiger charge is -2.31. The molecule has 21 heavy (non-hydrogen) atoms. The van der Waals surface area contributed by atoms with E-state index in [4.69, 9.17) is 0 Å². The highest BCUT2D eigenvalue weighted by atomic mass is 19.4. The van der Waals surface area contributed by atoms with Gasteiger partial charge in [0, 0.05) is 13.0 Å². The number of carbonyl (C=O) groups excluding carboxylic acids is 1. The Hall–Kier alpha value is -1.27. The van der Waals surface area contributed by atoms with Gasteiger partial charge in [-0.2, -0.15) is 13.2 Å². The molecule has 0 saturated carbocycles. The fraction of sp³-hybridized carbons (Fsp3) is 0.857. The van der Waals surface area contributed by atoms with Crippen molar-refractivity contribution in [2.24, 2.45) is 11.3 Å². The van der Waals surface area contributed by atoms with Crippen molar-refractivity contribution in [3.63, 3.8) is 0 Å². The minimum absolute atomic E-state index is 0.0402. The largest absolute Gasteiger partial charge is 0.481 e. The van der Waals surface area contributed by atoms with E-state index in [1.165, 1.54) is 0 Å². The molecule has 0 heterocycles. The minimum atomic E-state index is -4.49. The molecule has 0 fully saturated rings. The van der Waals surface area contributed by atoms with Crippen molar-refractivity contribution in [2.45, 2.75) is 53.1 Å². The summed E-state index contributed by atoms with van der Waals surface area (Å²) < 4.78 is 37.7. The molecular formula is C14H24F3NO3. The highest BCUT2D eigenvalue weighted by molar-refractivity contribution is 5.85. The van der Waals surface area contributed by atoms with Crippen LogP contribution in [0.1, 0.15) is 47.0 Å². The summed E-state index contributed by atoms with van der Waals surface area (Å²) in [6.07, 6.45) is -4.49. The van der Waals surface area contributed by atoms with Crippen molar-refractivity contribution in [1.29, 1.82) is 0 Å². The first kappa shape index (κ1) is 19.7. The van der Waals surface area contributed by atoms with Gasteiger partial charge in [0.15, 0.2) is 0 Å². The Kier molecular flexibility index (Phi) is 7.19. The molecule has 0 atom stereocenters. The maximum atomic E-state index is 12.6. The predicted molar refractivity (Wildman–Crippen MR) is 72.7 cm³/mol. The third-order valence-electron chi connectivity index (χ3n) is 3.61. The van der Waals surface area contributed by atoms with Crippen LogP contribution in [0.25, 0.3) is 0 Å². The minimum Gasteiger partial charge on any atom is -0.481 e. The number of halogens is 3. The Morgan fingerprint density at radius 1 is 1.14 bits per heavy atom. The molecule has 0 saturated heterocycles. The second-order valence-electron chi connectivity index (χ2n) is 5.75. The fourth-order valence-electron chi connectivity index (χ4n) is 2.19. The first-order valence-electron chi connectivity index (χ1n) is 7.05. The molecule has 0 aliphatic rings. The van der Waals surface area contributed by atoms with Gasteiger partial charge < -0.3 is 10.0 Å². The van der Waals surface area contributed by atoms with Crippen molar-refractivity contribution < 1.29 is 27.9 Å². The summed E-state index contributed by atoms with van der Waals surface area (Å²) in [6.45, 7) is 5.29. The quantitative estimate of drug-likeness (QED) is 0.748. The van der Waals surface area contributed by atoms with Gasteiger partial charge in [-0.05, 0) is 18.8 Å². The van der Waals surface area contributed by atoms with Gasteiger partial charge in [-0.15, -0.1) is 0 Å². The summed E-state index contributed by atoms with van der Waals surface area (Å²) in [7, 11) is 0. The number of hydrogen-bond donors (Lipinski definition) is 1. The van der Waals surface area contributed by atoms with E-state index >= 15 is 0 Å². The molecular weight excluding hydrogens is 287 g/mol. The van der Waals surface area contributed by atoms with Crippen LogP contribution in [0.5, 0.6) is 0 Å². The Morgan fingerprint density at radius 2 is 1.62 bits per heavy atom. The number of nitrogens with zero attached hydrogens (tertiary/aromatic N) is 1. The zero-order valence-electron chi connectivity index (χ0n) is 13.0. The number of carboxylic acids is 1. The van der Waals surface area contributed by atoms with Crippen LogP contribution < -0.4 is 0 Å². The topological polar surface area (TPSA) is 57.6 Å². The van der Waals surface area contributed by atoms with Crippen molar-refractivity contribution in [1.82, 2.24) is 4.90 Å². The highest BCUT2D eigenvalue weighted by Crippen LogP contribution is 2.32. The molecule has 124 valence electrons. The van der Waals surface area contributed by atoms with Crippen LogP contribution >= 0.6 is 0 Å². The maximum absolute atomic E-state index is 12.6. The first-order chi connectivity index (χ1) is 9.47. The highest BCUT2D eigenvalue weighted by Gasteiger charge is 2.40.